The van der Waals surface area contributed by atoms with Gasteiger partial charge in [-0.2, -0.15) is 0 Å². The molecule has 3 fully saturated rings. The Labute approximate surface area is 201 Å². The third kappa shape index (κ3) is 5.22. The van der Waals surface area contributed by atoms with Gasteiger partial charge in [0.2, 0.25) is 5.91 Å². The number of carboxylic acid groups (broad SMARTS) is 1. The van der Waals surface area contributed by atoms with Crippen molar-refractivity contribution in [3.8, 4) is 0 Å². The fourth-order valence-electron chi connectivity index (χ4n) is 5.72. The van der Waals surface area contributed by atoms with Gasteiger partial charge in [-0.3, -0.25) is 24.6 Å². The van der Waals surface area contributed by atoms with Crippen LogP contribution < -0.4 is 16.0 Å². The molecular formula is C24H40N4O6. The van der Waals surface area contributed by atoms with Gasteiger partial charge in [-0.05, 0) is 43.9 Å². The van der Waals surface area contributed by atoms with Crippen LogP contribution in [0.5, 0.6) is 0 Å². The number of likely N-dealkylation sites (tertiary alicyclic amines) is 1. The minimum Gasteiger partial charge on any atom is -0.465 e. The predicted octanol–water partition coefficient (Wildman–Crippen LogP) is 1.22. The van der Waals surface area contributed by atoms with Crippen molar-refractivity contribution in [3.63, 3.8) is 0 Å². The Balaban J connectivity index is 1.89. The van der Waals surface area contributed by atoms with Crippen LogP contribution in [0.1, 0.15) is 72.6 Å². The highest BCUT2D eigenvalue weighted by atomic mass is 16.4. The minimum atomic E-state index is -1.60. The maximum atomic E-state index is 13.7. The van der Waals surface area contributed by atoms with E-state index in [1.165, 1.54) is 0 Å². The molecule has 6 atom stereocenters. The fourth-order valence-corrected chi connectivity index (χ4v) is 5.72. The summed E-state index contributed by atoms with van der Waals surface area (Å²) >= 11 is 0. The molecule has 5 N–H and O–H groups in total. The van der Waals surface area contributed by atoms with Crippen molar-refractivity contribution in [3.05, 3.63) is 0 Å². The second-order valence-electron chi connectivity index (χ2n) is 11.1. The van der Waals surface area contributed by atoms with Crippen molar-refractivity contribution in [1.29, 1.82) is 0 Å². The van der Waals surface area contributed by atoms with Crippen molar-refractivity contribution in [1.82, 2.24) is 20.9 Å². The number of nitrogens with zero attached hydrogens (tertiary/aromatic N) is 1. The third-order valence-corrected chi connectivity index (χ3v) is 7.72. The van der Waals surface area contributed by atoms with Gasteiger partial charge >= 0.3 is 6.09 Å². The summed E-state index contributed by atoms with van der Waals surface area (Å²) < 4.78 is 0. The molecule has 0 aromatic carbocycles. The Kier molecular flexibility index (Phi) is 7.92. The molecule has 1 heterocycles. The summed E-state index contributed by atoms with van der Waals surface area (Å²) in [7, 11) is 0. The number of fused-ring (bicyclic) bond motifs is 1. The van der Waals surface area contributed by atoms with Crippen molar-refractivity contribution in [2.75, 3.05) is 6.54 Å². The minimum absolute atomic E-state index is 0.0306. The van der Waals surface area contributed by atoms with Crippen LogP contribution >= 0.6 is 0 Å². The first kappa shape index (κ1) is 26.4. The van der Waals surface area contributed by atoms with Crippen molar-refractivity contribution < 1.29 is 29.4 Å². The van der Waals surface area contributed by atoms with E-state index in [-0.39, 0.29) is 23.8 Å². The van der Waals surface area contributed by atoms with Crippen LogP contribution in [0.3, 0.4) is 0 Å². The number of carbonyl (C=O) groups excluding carboxylic acids is 3. The number of aldehydes is 1. The first-order valence-electron chi connectivity index (χ1n) is 12.5. The van der Waals surface area contributed by atoms with Crippen LogP contribution in [0.15, 0.2) is 0 Å². The van der Waals surface area contributed by atoms with E-state index < -0.39 is 41.3 Å². The van der Waals surface area contributed by atoms with Crippen molar-refractivity contribution in [2.24, 2.45) is 17.3 Å². The van der Waals surface area contributed by atoms with Gasteiger partial charge in [0.25, 0.3) is 5.91 Å². The highest BCUT2D eigenvalue weighted by Gasteiger charge is 2.59. The average Bonchev–Trinajstić information content (AvgIpc) is 3.31. The maximum absolute atomic E-state index is 13.7. The molecule has 0 aromatic heterocycles. The van der Waals surface area contributed by atoms with E-state index >= 15 is 0 Å². The van der Waals surface area contributed by atoms with Crippen LogP contribution in [0.4, 0.5) is 4.79 Å². The molecular weight excluding hydrogens is 440 g/mol. The molecule has 34 heavy (non-hydrogen) atoms. The number of nitrogens with one attached hydrogen (secondary N) is 3. The fraction of sp³-hybridized carbons (Fsp3) is 0.833. The number of hydrogen-bond acceptors (Lipinski definition) is 6. The lowest BCUT2D eigenvalue weighted by Crippen LogP contribution is -2.71. The zero-order valence-electron chi connectivity index (χ0n) is 20.7. The zero-order chi connectivity index (χ0) is 25.3. The van der Waals surface area contributed by atoms with E-state index in [4.69, 9.17) is 0 Å². The quantitative estimate of drug-likeness (QED) is 0.295. The van der Waals surface area contributed by atoms with Crippen LogP contribution in [0, 0.1) is 17.3 Å². The van der Waals surface area contributed by atoms with E-state index in [1.807, 2.05) is 6.92 Å². The third-order valence-electron chi connectivity index (χ3n) is 7.72. The normalized spacial score (nSPS) is 28.3. The van der Waals surface area contributed by atoms with Crippen molar-refractivity contribution in [2.45, 2.75) is 103 Å². The number of carbonyl (C=O) groups is 4. The molecule has 3 amide bonds. The van der Waals surface area contributed by atoms with E-state index in [0.717, 1.165) is 32.1 Å². The van der Waals surface area contributed by atoms with Crippen molar-refractivity contribution >= 4 is 24.2 Å². The largest absolute Gasteiger partial charge is 0.465 e. The van der Waals surface area contributed by atoms with Crippen LogP contribution in [-0.2, 0) is 14.4 Å². The molecule has 3 aliphatic rings. The Hall–Kier alpha value is -2.20. The molecule has 10 nitrogen and oxygen atoms in total. The number of rotatable bonds is 10. The molecule has 2 aliphatic carbocycles. The van der Waals surface area contributed by atoms with E-state index in [0.29, 0.717) is 25.7 Å². The van der Waals surface area contributed by atoms with Crippen LogP contribution in [0.25, 0.3) is 0 Å². The summed E-state index contributed by atoms with van der Waals surface area (Å²) in [5.74, 6) is -0.737. The Bertz CT molecular complexity index is 795. The molecule has 1 aliphatic heterocycles. The second-order valence-corrected chi connectivity index (χ2v) is 11.1. The highest BCUT2D eigenvalue weighted by Crippen LogP contribution is 2.47. The molecule has 10 heteroatoms. The molecule has 1 saturated heterocycles. The van der Waals surface area contributed by atoms with Gasteiger partial charge in [0, 0.05) is 18.0 Å². The van der Waals surface area contributed by atoms with E-state index in [9.17, 15) is 29.4 Å². The molecule has 2 saturated carbocycles. The molecule has 192 valence electrons. The van der Waals surface area contributed by atoms with Gasteiger partial charge in [0.05, 0.1) is 12.1 Å². The zero-order valence-corrected chi connectivity index (χ0v) is 20.7. The number of aliphatic hydroxyl groups is 1. The molecule has 0 aromatic rings. The maximum Gasteiger partial charge on any atom is 0.406 e. The Morgan fingerprint density at radius 3 is 2.35 bits per heavy atom. The first-order chi connectivity index (χ1) is 15.9. The number of aliphatic hydroxyl groups excluding tert-OH is 1. The average molecular weight is 481 g/mol. The molecule has 0 bridgehead atoms. The number of amides is 3. The van der Waals surface area contributed by atoms with Gasteiger partial charge in [-0.15, -0.1) is 0 Å². The monoisotopic (exact) mass is 480 g/mol. The summed E-state index contributed by atoms with van der Waals surface area (Å²) in [5.41, 5.74) is -2.44. The summed E-state index contributed by atoms with van der Waals surface area (Å²) in [6, 6.07) is -1.43. The highest BCUT2D eigenvalue weighted by molar-refractivity contribution is 5.87. The summed E-state index contributed by atoms with van der Waals surface area (Å²) in [6.45, 7) is 7.64. The Morgan fingerprint density at radius 1 is 1.15 bits per heavy atom. The lowest BCUT2D eigenvalue weighted by atomic mass is 9.79. The van der Waals surface area contributed by atoms with Gasteiger partial charge in [-0.1, -0.05) is 40.5 Å². The summed E-state index contributed by atoms with van der Waals surface area (Å²) in [6.07, 6.45) is 3.40. The lowest BCUT2D eigenvalue weighted by molar-refractivity contribution is -0.141. The molecule has 3 rings (SSSR count). The van der Waals surface area contributed by atoms with Crippen LogP contribution in [0.2, 0.25) is 0 Å². The topological polar surface area (TPSA) is 148 Å². The Morgan fingerprint density at radius 2 is 1.82 bits per heavy atom. The SMILES string of the molecule is CCC[C@H](NC(=O)[C@@H]1[C@H]2CCC[C@H]2CN1[C@@](C=O)(NC(=O)O)C(C)(C)C)C(O)C(=O)NC1CC1. The smallest absolute Gasteiger partial charge is 0.406 e. The molecule has 0 radical (unpaired) electrons. The standard InChI is InChI=1S/C24H40N4O6/c1-5-7-17(19(30)21(32)25-15-10-11-15)26-20(31)18-16-9-6-8-14(16)12-28(18)24(13-29,23(2,3)4)27-22(33)34/h13-19,27,30H,5-12H2,1-4H3,(H,25,32)(H,26,31)(H,33,34)/t14-,16-,17-,18-,19?,24+/m0/s1. The van der Waals surface area contributed by atoms with E-state index in [2.05, 4.69) is 16.0 Å². The lowest BCUT2D eigenvalue weighted by Gasteiger charge is -2.49. The van der Waals surface area contributed by atoms with E-state index in [1.54, 1.807) is 25.7 Å². The van der Waals surface area contributed by atoms with Gasteiger partial charge in [-0.25, -0.2) is 4.79 Å². The van der Waals surface area contributed by atoms with Gasteiger partial charge in [0.1, 0.15) is 0 Å². The van der Waals surface area contributed by atoms with Gasteiger partial charge in [0.15, 0.2) is 18.1 Å². The number of hydrogen-bond donors (Lipinski definition) is 5. The summed E-state index contributed by atoms with van der Waals surface area (Å²) in [4.78, 5) is 52.2. The first-order valence-corrected chi connectivity index (χ1v) is 12.5. The molecule has 1 unspecified atom stereocenters. The summed E-state index contributed by atoms with van der Waals surface area (Å²) in [5, 5.41) is 28.4. The second kappa shape index (κ2) is 10.2. The van der Waals surface area contributed by atoms with Gasteiger partial charge < -0.3 is 20.8 Å². The predicted molar refractivity (Wildman–Crippen MR) is 125 cm³/mol. The van der Waals surface area contributed by atoms with Crippen LogP contribution in [-0.4, -0.2) is 75.7 Å². The molecule has 0 spiro atoms.